The lowest BCUT2D eigenvalue weighted by Gasteiger charge is -2.94. The molecule has 0 N–H and O–H groups in total. The van der Waals surface area contributed by atoms with Gasteiger partial charge in [-0.2, -0.15) is 5.26 Å². The number of para-hydroxylation sites is 1. The largest absolute Gasteiger partial charge is 0.352 e. The molecular weight excluding hydrogens is 292 g/mol. The molecule has 1 aromatic carbocycles. The molecule has 2 aromatic rings. The summed E-state index contributed by atoms with van der Waals surface area (Å²) in [7, 11) is 0. The van der Waals surface area contributed by atoms with E-state index in [4.69, 9.17) is 0 Å². The average Bonchev–Trinajstić information content (AvgIpc) is 2.78. The van der Waals surface area contributed by atoms with Crippen LogP contribution in [0.4, 0.5) is 0 Å². The molecule has 2 aliphatic heterocycles. The van der Waals surface area contributed by atoms with Gasteiger partial charge in [-0.25, -0.2) is 23.5 Å². The maximum absolute atomic E-state index is 13.0. The molecule has 0 radical (unpaired) electrons. The number of hydrogen-bond donors (Lipinski definition) is 0. The number of benzene rings is 1. The summed E-state index contributed by atoms with van der Waals surface area (Å²) in [4.78, 5) is 25.9. The summed E-state index contributed by atoms with van der Waals surface area (Å²) in [6, 6.07) is 11.6. The summed E-state index contributed by atoms with van der Waals surface area (Å²) in [6.45, 7) is 0. The van der Waals surface area contributed by atoms with Gasteiger partial charge in [0.25, 0.3) is 0 Å². The van der Waals surface area contributed by atoms with Crippen LogP contribution < -0.4 is 11.4 Å². The van der Waals surface area contributed by atoms with Crippen LogP contribution in [0, 0.1) is 46.3 Å². The first-order chi connectivity index (χ1) is 11.2. The van der Waals surface area contributed by atoms with Crippen LogP contribution in [-0.4, -0.2) is 13.9 Å². The second-order valence-corrected chi connectivity index (χ2v) is 7.69. The fraction of sp³-hybridized carbons (Fsp3) is 0.471. The zero-order chi connectivity index (χ0) is 15.2. The van der Waals surface area contributed by atoms with Gasteiger partial charge in [-0.15, -0.1) is 0 Å². The Morgan fingerprint density at radius 1 is 0.957 bits per heavy atom. The fourth-order valence-corrected chi connectivity index (χ4v) is 7.12. The lowest BCUT2D eigenvalue weighted by Crippen LogP contribution is -2.95. The number of hydrogen-bond acceptors (Lipinski definition) is 3. The second kappa shape index (κ2) is 2.82. The summed E-state index contributed by atoms with van der Waals surface area (Å²) in [5.74, 6) is 2.45. The molecule has 6 aliphatic rings. The van der Waals surface area contributed by atoms with Crippen LogP contribution in [0.5, 0.6) is 0 Å². The summed E-state index contributed by atoms with van der Waals surface area (Å²) in [6.07, 6.45) is 0. The van der Waals surface area contributed by atoms with Crippen LogP contribution in [0.2, 0.25) is 0 Å². The normalized spacial score (nSPS) is 48.0. The van der Waals surface area contributed by atoms with Crippen LogP contribution >= 0.6 is 0 Å². The molecule has 1 aromatic heterocycles. The van der Waals surface area contributed by atoms with Crippen molar-refractivity contribution in [2.24, 2.45) is 35.0 Å². The van der Waals surface area contributed by atoms with Crippen molar-refractivity contribution < 1.29 is 0 Å². The highest BCUT2D eigenvalue weighted by Crippen LogP contribution is 2.96. The third-order valence-corrected chi connectivity index (χ3v) is 7.61. The van der Waals surface area contributed by atoms with Crippen molar-refractivity contribution in [1.29, 1.82) is 5.26 Å². The second-order valence-electron chi connectivity index (χ2n) is 7.69. The lowest BCUT2D eigenvalue weighted by atomic mass is 9.11. The number of aromatic nitrogens is 3. The fourth-order valence-electron chi connectivity index (χ4n) is 7.12. The Labute approximate surface area is 130 Å². The predicted molar refractivity (Wildman–Crippen MR) is 77.9 cm³/mol. The highest BCUT2D eigenvalue weighted by Gasteiger charge is 2.97. The summed E-state index contributed by atoms with van der Waals surface area (Å²) in [5.41, 5.74) is -0.267. The topological polar surface area (TPSA) is 72.7 Å². The van der Waals surface area contributed by atoms with Gasteiger partial charge in [0.2, 0.25) is 0 Å². The van der Waals surface area contributed by atoms with Crippen molar-refractivity contribution in [2.75, 3.05) is 0 Å². The molecule has 4 fully saturated rings. The molecule has 0 amide bonds. The molecule has 23 heavy (non-hydrogen) atoms. The first-order valence-electron chi connectivity index (χ1n) is 8.16. The summed E-state index contributed by atoms with van der Waals surface area (Å²) in [5, 5.41) is 9.77. The zero-order valence-electron chi connectivity index (χ0n) is 12.0. The molecule has 6 nitrogen and oxygen atoms in total. The van der Waals surface area contributed by atoms with E-state index in [9.17, 15) is 14.9 Å². The Morgan fingerprint density at radius 3 is 2.43 bits per heavy atom. The highest BCUT2D eigenvalue weighted by molar-refractivity contribution is 5.48. The smallest absolute Gasteiger partial charge is 0.245 e. The molecule has 3 heterocycles. The van der Waals surface area contributed by atoms with Crippen LogP contribution in [0.1, 0.15) is 12.1 Å². The van der Waals surface area contributed by atoms with Crippen molar-refractivity contribution in [3.05, 3.63) is 51.3 Å². The number of nitrogens with zero attached hydrogens (tertiary/aromatic N) is 4. The van der Waals surface area contributed by atoms with Crippen molar-refractivity contribution in [3.63, 3.8) is 0 Å². The van der Waals surface area contributed by atoms with E-state index in [0.717, 1.165) is 0 Å². The van der Waals surface area contributed by atoms with Gasteiger partial charge in [0.15, 0.2) is 0 Å². The van der Waals surface area contributed by atoms with Crippen molar-refractivity contribution in [1.82, 2.24) is 13.9 Å². The third kappa shape index (κ3) is 0.724. The van der Waals surface area contributed by atoms with E-state index >= 15 is 0 Å². The molecule has 4 aliphatic carbocycles. The minimum Gasteiger partial charge on any atom is -0.245 e. The Bertz CT molecular complexity index is 1090. The van der Waals surface area contributed by atoms with Crippen molar-refractivity contribution in [3.8, 4) is 11.8 Å². The monoisotopic (exact) mass is 304 g/mol. The van der Waals surface area contributed by atoms with E-state index in [1.165, 1.54) is 4.57 Å². The van der Waals surface area contributed by atoms with Crippen LogP contribution in [0.25, 0.3) is 5.69 Å². The standard InChI is InChI=1S/C17H12N4O2/c18-6-17-11-9-8-10(11)14(17)21-16(23)19(7-4-2-1-3-5-7)15(22)20(21)13(8)12(9)17/h1-5,8-14H/t8-,9+,10+,11-,12-,13-,14-,17-/m1/s1. The maximum Gasteiger partial charge on any atom is 0.352 e. The zero-order valence-corrected chi connectivity index (χ0v) is 12.0. The van der Waals surface area contributed by atoms with E-state index in [0.29, 0.717) is 35.3 Å². The molecule has 0 unspecified atom stereocenters. The van der Waals surface area contributed by atoms with E-state index < -0.39 is 0 Å². The van der Waals surface area contributed by atoms with E-state index in [1.807, 2.05) is 18.2 Å². The first-order valence-corrected chi connectivity index (χ1v) is 8.16. The Kier molecular flexibility index (Phi) is 1.36. The SMILES string of the molecule is N#C[C@]12[C@@H]3[C@@H]4[C@@H]5[C@@H]3[C@H]1n1c(=O)n(-c3ccccc3)c(=O)n1[C@H]5[C@@H]42. The molecular formula is C17H12N4O2. The van der Waals surface area contributed by atoms with Crippen LogP contribution in [-0.2, 0) is 0 Å². The molecule has 112 valence electrons. The van der Waals surface area contributed by atoms with Crippen molar-refractivity contribution in [2.45, 2.75) is 12.1 Å². The van der Waals surface area contributed by atoms with E-state index in [1.54, 1.807) is 21.5 Å². The minimum atomic E-state index is -0.353. The van der Waals surface area contributed by atoms with Gasteiger partial charge in [-0.3, -0.25) is 0 Å². The van der Waals surface area contributed by atoms with Crippen LogP contribution in [0.3, 0.4) is 0 Å². The molecule has 4 saturated carbocycles. The Hall–Kier alpha value is -2.55. The van der Waals surface area contributed by atoms with E-state index in [-0.39, 0.29) is 28.9 Å². The summed E-state index contributed by atoms with van der Waals surface area (Å²) >= 11 is 0. The molecule has 0 saturated heterocycles. The van der Waals surface area contributed by atoms with Gasteiger partial charge in [0, 0.05) is 5.92 Å². The molecule has 2 bridgehead atoms. The van der Waals surface area contributed by atoms with Crippen LogP contribution in [0.15, 0.2) is 39.9 Å². The molecule has 6 heteroatoms. The molecule has 0 spiro atoms. The average molecular weight is 304 g/mol. The number of rotatable bonds is 1. The maximum atomic E-state index is 13.0. The molecule has 8 rings (SSSR count). The number of nitriles is 1. The lowest BCUT2D eigenvalue weighted by molar-refractivity contribution is -0.482. The van der Waals surface area contributed by atoms with Gasteiger partial charge in [0.05, 0.1) is 29.3 Å². The Balaban J connectivity index is 1.57. The quantitative estimate of drug-likeness (QED) is 0.772. The van der Waals surface area contributed by atoms with Gasteiger partial charge in [-0.05, 0) is 35.8 Å². The van der Waals surface area contributed by atoms with Gasteiger partial charge in [-0.1, -0.05) is 18.2 Å². The summed E-state index contributed by atoms with van der Waals surface area (Å²) < 4.78 is 4.59. The minimum absolute atomic E-state index is 0.0739. The first kappa shape index (κ1) is 11.1. The molecule has 8 atom stereocenters. The Morgan fingerprint density at radius 2 is 1.70 bits per heavy atom. The van der Waals surface area contributed by atoms with Crippen molar-refractivity contribution >= 4 is 0 Å². The van der Waals surface area contributed by atoms with Gasteiger partial charge < -0.3 is 0 Å². The predicted octanol–water partition coefficient (Wildman–Crippen LogP) is 0.542. The van der Waals surface area contributed by atoms with Gasteiger partial charge >= 0.3 is 11.4 Å². The highest BCUT2D eigenvalue weighted by atomic mass is 16.2. The van der Waals surface area contributed by atoms with E-state index in [2.05, 4.69) is 6.07 Å². The van der Waals surface area contributed by atoms with Gasteiger partial charge in [0.1, 0.15) is 0 Å². The third-order valence-electron chi connectivity index (χ3n) is 7.61.